The van der Waals surface area contributed by atoms with E-state index in [4.69, 9.17) is 9.73 Å². The number of aliphatic imine (C=N–C) groups is 1. The van der Waals surface area contributed by atoms with Crippen molar-refractivity contribution in [2.45, 2.75) is 38.3 Å². The maximum atomic E-state index is 5.82. The minimum absolute atomic E-state index is 0. The van der Waals surface area contributed by atoms with Crippen LogP contribution in [0.3, 0.4) is 0 Å². The van der Waals surface area contributed by atoms with E-state index >= 15 is 0 Å². The molecule has 2 heterocycles. The van der Waals surface area contributed by atoms with E-state index in [-0.39, 0.29) is 29.6 Å². The van der Waals surface area contributed by atoms with Crippen molar-refractivity contribution >= 4 is 41.3 Å². The van der Waals surface area contributed by atoms with E-state index in [0.717, 1.165) is 38.5 Å². The lowest BCUT2D eigenvalue weighted by Crippen LogP contribution is -2.42. The third kappa shape index (κ3) is 6.50. The predicted octanol–water partition coefficient (Wildman–Crippen LogP) is 3.09. The Balaban J connectivity index is 0.00000288. The average Bonchev–Trinajstić information content (AvgIpc) is 3.17. The Morgan fingerprint density at radius 2 is 2.25 bits per heavy atom. The van der Waals surface area contributed by atoms with Gasteiger partial charge in [-0.05, 0) is 52.2 Å². The van der Waals surface area contributed by atoms with Crippen LogP contribution in [-0.2, 0) is 4.74 Å². The topological polar surface area (TPSA) is 48.9 Å². The number of guanidine groups is 1. The molecule has 0 radical (unpaired) electrons. The summed E-state index contributed by atoms with van der Waals surface area (Å²) in [4.78, 5) is 8.34. The molecule has 5 nitrogen and oxygen atoms in total. The average molecular weight is 466 g/mol. The molecule has 0 saturated carbocycles. The Bertz CT molecular complexity index is 487. The number of nitrogens with one attached hydrogen (secondary N) is 2. The van der Waals surface area contributed by atoms with Gasteiger partial charge in [0.1, 0.15) is 0 Å². The van der Waals surface area contributed by atoms with Crippen LogP contribution in [0.2, 0.25) is 0 Å². The number of nitrogens with zero attached hydrogens (tertiary/aromatic N) is 2. The zero-order chi connectivity index (χ0) is 16.7. The zero-order valence-corrected chi connectivity index (χ0v) is 18.3. The lowest BCUT2D eigenvalue weighted by Gasteiger charge is -2.25. The quantitative estimate of drug-likeness (QED) is 0.369. The normalized spacial score (nSPS) is 22.3. The molecule has 2 unspecified atom stereocenters. The highest BCUT2D eigenvalue weighted by Gasteiger charge is 2.29. The molecule has 0 aliphatic carbocycles. The van der Waals surface area contributed by atoms with Gasteiger partial charge in [0, 0.05) is 24.6 Å². The van der Waals surface area contributed by atoms with Crippen molar-refractivity contribution in [1.82, 2.24) is 15.5 Å². The van der Waals surface area contributed by atoms with Crippen LogP contribution in [-0.4, -0.2) is 56.8 Å². The second-order valence-electron chi connectivity index (χ2n) is 6.47. The van der Waals surface area contributed by atoms with Crippen molar-refractivity contribution in [3.8, 4) is 0 Å². The van der Waals surface area contributed by atoms with Crippen molar-refractivity contribution in [3.05, 3.63) is 22.4 Å². The summed E-state index contributed by atoms with van der Waals surface area (Å²) >= 11 is 1.80. The summed E-state index contributed by atoms with van der Waals surface area (Å²) in [6.07, 6.45) is 2.22. The largest absolute Gasteiger partial charge is 0.373 e. The van der Waals surface area contributed by atoms with Crippen molar-refractivity contribution in [2.75, 3.05) is 40.3 Å². The number of hydrogen-bond acceptors (Lipinski definition) is 4. The van der Waals surface area contributed by atoms with Crippen molar-refractivity contribution in [1.29, 1.82) is 0 Å². The van der Waals surface area contributed by atoms with Crippen LogP contribution < -0.4 is 10.6 Å². The van der Waals surface area contributed by atoms with E-state index in [1.165, 1.54) is 4.88 Å². The van der Waals surface area contributed by atoms with Gasteiger partial charge in [0.25, 0.3) is 0 Å². The number of halogens is 1. The Morgan fingerprint density at radius 3 is 2.79 bits per heavy atom. The fourth-order valence-electron chi connectivity index (χ4n) is 2.76. The van der Waals surface area contributed by atoms with Gasteiger partial charge in [0.2, 0.25) is 0 Å². The second kappa shape index (κ2) is 10.6. The molecule has 24 heavy (non-hydrogen) atoms. The van der Waals surface area contributed by atoms with Crippen LogP contribution in [0.5, 0.6) is 0 Å². The van der Waals surface area contributed by atoms with Gasteiger partial charge in [-0.25, -0.2) is 0 Å². The lowest BCUT2D eigenvalue weighted by atomic mass is 10.0. The number of hydrogen-bond donors (Lipinski definition) is 2. The van der Waals surface area contributed by atoms with Crippen molar-refractivity contribution < 1.29 is 4.74 Å². The van der Waals surface area contributed by atoms with Gasteiger partial charge in [-0.1, -0.05) is 6.07 Å². The van der Waals surface area contributed by atoms with Crippen LogP contribution in [0, 0.1) is 0 Å². The van der Waals surface area contributed by atoms with E-state index < -0.39 is 0 Å². The van der Waals surface area contributed by atoms with Crippen LogP contribution in [0.15, 0.2) is 22.5 Å². The number of ether oxygens (including phenoxy) is 1. The Morgan fingerprint density at radius 1 is 1.46 bits per heavy atom. The van der Waals surface area contributed by atoms with Gasteiger partial charge in [-0.15, -0.1) is 35.3 Å². The summed E-state index contributed by atoms with van der Waals surface area (Å²) in [5.74, 6) is 0.868. The summed E-state index contributed by atoms with van der Waals surface area (Å²) in [5, 5.41) is 8.94. The first kappa shape index (κ1) is 21.7. The maximum Gasteiger partial charge on any atom is 0.191 e. The molecule has 1 fully saturated rings. The predicted molar refractivity (Wildman–Crippen MR) is 114 cm³/mol. The van der Waals surface area contributed by atoms with Crippen LogP contribution in [0.25, 0.3) is 0 Å². The molecule has 2 rings (SSSR count). The fourth-order valence-corrected chi connectivity index (χ4v) is 3.68. The SMILES string of the molecule is CCNC(=NCC1(C)CCCO1)NCC(c1cccs1)N(C)C.I. The molecule has 1 aliphatic rings. The van der Waals surface area contributed by atoms with Gasteiger partial charge in [0.05, 0.1) is 18.2 Å². The molecular weight excluding hydrogens is 435 g/mol. The first-order chi connectivity index (χ1) is 11.0. The lowest BCUT2D eigenvalue weighted by molar-refractivity contribution is 0.0283. The molecule has 2 N–H and O–H groups in total. The first-order valence-corrected chi connectivity index (χ1v) is 9.28. The molecule has 2 atom stereocenters. The van der Waals surface area contributed by atoms with Crippen LogP contribution >= 0.6 is 35.3 Å². The third-order valence-corrected chi connectivity index (χ3v) is 5.15. The number of thiophene rings is 1. The highest BCUT2D eigenvalue weighted by atomic mass is 127. The second-order valence-corrected chi connectivity index (χ2v) is 7.45. The summed E-state index contributed by atoms with van der Waals surface area (Å²) in [7, 11) is 4.23. The Kier molecular flexibility index (Phi) is 9.54. The van der Waals surface area contributed by atoms with Gasteiger partial charge in [0.15, 0.2) is 5.96 Å². The number of rotatable bonds is 7. The summed E-state index contributed by atoms with van der Waals surface area (Å²) < 4.78 is 5.82. The Hall–Kier alpha value is -0.380. The van der Waals surface area contributed by atoms with E-state index in [1.807, 2.05) is 0 Å². The van der Waals surface area contributed by atoms with E-state index in [0.29, 0.717) is 12.6 Å². The molecule has 0 aromatic carbocycles. The van der Waals surface area contributed by atoms with Crippen molar-refractivity contribution in [2.24, 2.45) is 4.99 Å². The smallest absolute Gasteiger partial charge is 0.191 e. The van der Waals surface area contributed by atoms with Gasteiger partial charge < -0.3 is 20.3 Å². The third-order valence-electron chi connectivity index (χ3n) is 4.17. The van der Waals surface area contributed by atoms with Gasteiger partial charge in [-0.3, -0.25) is 4.99 Å². The number of likely N-dealkylation sites (N-methyl/N-ethyl adjacent to an activating group) is 1. The monoisotopic (exact) mass is 466 g/mol. The molecular formula is C17H31IN4OS. The van der Waals surface area contributed by atoms with Crippen LogP contribution in [0.1, 0.15) is 37.6 Å². The minimum Gasteiger partial charge on any atom is -0.373 e. The fraction of sp³-hybridized carbons (Fsp3) is 0.706. The summed E-state index contributed by atoms with van der Waals surface area (Å²) in [6, 6.07) is 4.64. The summed E-state index contributed by atoms with van der Waals surface area (Å²) in [5.41, 5.74) is -0.100. The van der Waals surface area contributed by atoms with Crippen LogP contribution in [0.4, 0.5) is 0 Å². The van der Waals surface area contributed by atoms with Gasteiger partial charge >= 0.3 is 0 Å². The maximum absolute atomic E-state index is 5.82. The Labute approximate surface area is 167 Å². The highest BCUT2D eigenvalue weighted by molar-refractivity contribution is 14.0. The van der Waals surface area contributed by atoms with E-state index in [1.54, 1.807) is 11.3 Å². The van der Waals surface area contributed by atoms with Gasteiger partial charge in [-0.2, -0.15) is 0 Å². The molecule has 1 saturated heterocycles. The van der Waals surface area contributed by atoms with Crippen molar-refractivity contribution in [3.63, 3.8) is 0 Å². The molecule has 1 aromatic rings. The standard InChI is InChI=1S/C17H30N4OS.HI/c1-5-18-16(20-13-17(2)9-7-10-22-17)19-12-14(21(3)4)15-8-6-11-23-15;/h6,8,11,14H,5,7,9-10,12-13H2,1-4H3,(H2,18,19,20);1H. The first-order valence-electron chi connectivity index (χ1n) is 8.40. The summed E-state index contributed by atoms with van der Waals surface area (Å²) in [6.45, 7) is 7.49. The molecule has 1 aliphatic heterocycles. The van der Waals surface area contributed by atoms with E-state index in [2.05, 4.69) is 61.0 Å². The molecule has 0 spiro atoms. The molecule has 0 amide bonds. The molecule has 0 bridgehead atoms. The molecule has 138 valence electrons. The minimum atomic E-state index is -0.100. The zero-order valence-electron chi connectivity index (χ0n) is 15.2. The molecule has 1 aromatic heterocycles. The highest BCUT2D eigenvalue weighted by Crippen LogP contribution is 2.25. The van der Waals surface area contributed by atoms with E-state index in [9.17, 15) is 0 Å². The molecule has 7 heteroatoms.